The lowest BCUT2D eigenvalue weighted by Gasteiger charge is -2.34. The van der Waals surface area contributed by atoms with E-state index in [1.54, 1.807) is 12.5 Å². The largest absolute Gasteiger partial charge is 0.480 e. The summed E-state index contributed by atoms with van der Waals surface area (Å²) in [7, 11) is 0. The van der Waals surface area contributed by atoms with Crippen LogP contribution in [0.2, 0.25) is 0 Å². The first-order chi connectivity index (χ1) is 12.6. The van der Waals surface area contributed by atoms with Gasteiger partial charge in [0.15, 0.2) is 0 Å². The number of carbonyl (C=O) groups excluding carboxylic acids is 1. The lowest BCUT2D eigenvalue weighted by molar-refractivity contribution is -0.151. The Morgan fingerprint density at radius 3 is 2.81 bits per heavy atom. The van der Waals surface area contributed by atoms with Gasteiger partial charge in [0.25, 0.3) is 0 Å². The first kappa shape index (κ1) is 16.5. The zero-order valence-corrected chi connectivity index (χ0v) is 14.6. The monoisotopic (exact) mass is 368 g/mol. The Bertz CT molecular complexity index is 948. The maximum atomic E-state index is 12.8. The van der Waals surface area contributed by atoms with E-state index in [0.29, 0.717) is 18.7 Å². The van der Waals surface area contributed by atoms with Crippen LogP contribution in [0.4, 0.5) is 0 Å². The van der Waals surface area contributed by atoms with E-state index in [2.05, 4.69) is 4.98 Å². The van der Waals surface area contributed by atoms with Gasteiger partial charge in [0.2, 0.25) is 5.91 Å². The molecule has 0 spiro atoms. The molecule has 0 saturated heterocycles. The molecule has 7 heteroatoms. The van der Waals surface area contributed by atoms with Crippen molar-refractivity contribution in [1.82, 2.24) is 9.88 Å². The molecule has 1 aliphatic heterocycles. The lowest BCUT2D eigenvalue weighted by atomic mass is 9.93. The highest BCUT2D eigenvalue weighted by molar-refractivity contribution is 7.13. The van der Waals surface area contributed by atoms with Gasteiger partial charge < -0.3 is 14.4 Å². The zero-order valence-electron chi connectivity index (χ0n) is 13.8. The van der Waals surface area contributed by atoms with Crippen LogP contribution in [0, 0.1) is 0 Å². The molecular weight excluding hydrogens is 352 g/mol. The average molecular weight is 368 g/mol. The minimum Gasteiger partial charge on any atom is -0.480 e. The van der Waals surface area contributed by atoms with Crippen LogP contribution in [0.1, 0.15) is 16.8 Å². The van der Waals surface area contributed by atoms with E-state index in [1.807, 2.05) is 35.7 Å². The van der Waals surface area contributed by atoms with Gasteiger partial charge in [-0.3, -0.25) is 4.79 Å². The number of fused-ring (bicyclic) bond motifs is 1. The molecule has 0 bridgehead atoms. The molecule has 0 saturated carbocycles. The van der Waals surface area contributed by atoms with Crippen molar-refractivity contribution in [3.63, 3.8) is 0 Å². The summed E-state index contributed by atoms with van der Waals surface area (Å²) in [4.78, 5) is 30.4. The molecule has 4 rings (SSSR count). The fourth-order valence-corrected chi connectivity index (χ4v) is 3.98. The molecule has 0 radical (unpaired) electrons. The molecule has 2 aromatic heterocycles. The van der Waals surface area contributed by atoms with E-state index in [0.717, 1.165) is 21.7 Å². The summed E-state index contributed by atoms with van der Waals surface area (Å²) in [6.45, 7) is 0.310. The van der Waals surface area contributed by atoms with Crippen molar-refractivity contribution < 1.29 is 19.1 Å². The number of furan rings is 1. The molecule has 1 atom stereocenters. The molecular formula is C19H16N2O4S. The second kappa shape index (κ2) is 6.76. The van der Waals surface area contributed by atoms with Crippen molar-refractivity contribution >= 4 is 23.2 Å². The fraction of sp³-hybridized carbons (Fsp3) is 0.211. The minimum atomic E-state index is -0.981. The first-order valence-corrected chi connectivity index (χ1v) is 9.06. The molecule has 1 aromatic carbocycles. The molecule has 0 fully saturated rings. The van der Waals surface area contributed by atoms with E-state index in [-0.39, 0.29) is 12.3 Å². The van der Waals surface area contributed by atoms with Gasteiger partial charge in [-0.1, -0.05) is 24.3 Å². The second-order valence-corrected chi connectivity index (χ2v) is 7.04. The maximum Gasteiger partial charge on any atom is 0.326 e. The number of thiazole rings is 1. The number of carboxylic acid groups (broad SMARTS) is 1. The van der Waals surface area contributed by atoms with Gasteiger partial charge in [0.05, 0.1) is 18.4 Å². The molecule has 3 heterocycles. The Kier molecular flexibility index (Phi) is 4.30. The molecule has 1 amide bonds. The summed E-state index contributed by atoms with van der Waals surface area (Å²) < 4.78 is 5.05. The first-order valence-electron chi connectivity index (χ1n) is 8.18. The van der Waals surface area contributed by atoms with Crippen LogP contribution in [-0.4, -0.2) is 32.9 Å². The van der Waals surface area contributed by atoms with Gasteiger partial charge >= 0.3 is 5.97 Å². The van der Waals surface area contributed by atoms with E-state index in [1.165, 1.54) is 16.2 Å². The Labute approximate surface area is 153 Å². The number of hydrogen-bond acceptors (Lipinski definition) is 5. The van der Waals surface area contributed by atoms with E-state index < -0.39 is 12.0 Å². The van der Waals surface area contributed by atoms with Gasteiger partial charge in [-0.25, -0.2) is 9.78 Å². The van der Waals surface area contributed by atoms with Crippen LogP contribution in [0.5, 0.6) is 0 Å². The molecule has 0 unspecified atom stereocenters. The summed E-state index contributed by atoms with van der Waals surface area (Å²) in [5.74, 6) is -1.21. The number of carboxylic acids is 1. The molecule has 132 valence electrons. The third-order valence-corrected chi connectivity index (χ3v) is 5.45. The van der Waals surface area contributed by atoms with Gasteiger partial charge in [-0.2, -0.15) is 0 Å². The smallest absolute Gasteiger partial charge is 0.326 e. The number of aromatic nitrogens is 1. The summed E-state index contributed by atoms with van der Waals surface area (Å²) in [6.07, 6.45) is 3.59. The highest BCUT2D eigenvalue weighted by Crippen LogP contribution is 2.26. The summed E-state index contributed by atoms with van der Waals surface area (Å²) >= 11 is 1.43. The van der Waals surface area contributed by atoms with Crippen LogP contribution in [-0.2, 0) is 29.0 Å². The predicted octanol–water partition coefficient (Wildman–Crippen LogP) is 2.98. The number of benzene rings is 1. The molecule has 3 aromatic rings. The van der Waals surface area contributed by atoms with Crippen molar-refractivity contribution in [2.45, 2.75) is 25.4 Å². The van der Waals surface area contributed by atoms with Crippen LogP contribution in [0.15, 0.2) is 52.7 Å². The van der Waals surface area contributed by atoms with Gasteiger partial charge in [0, 0.05) is 23.9 Å². The Hall–Kier alpha value is -2.93. The van der Waals surface area contributed by atoms with Crippen LogP contribution < -0.4 is 0 Å². The number of carbonyl (C=O) groups is 2. The normalized spacial score (nSPS) is 16.3. The Morgan fingerprint density at radius 1 is 1.27 bits per heavy atom. The minimum absolute atomic E-state index is 0.0836. The lowest BCUT2D eigenvalue weighted by Crippen LogP contribution is -2.49. The Balaban J connectivity index is 1.54. The number of rotatable bonds is 4. The standard InChI is InChI=1S/C19H16N2O4S/c22-17(8-15-11-26-18(20-15)14-5-6-25-10-14)21-9-13-4-2-1-3-12(13)7-16(21)19(23)24/h1-6,10-11,16H,7-9H2,(H,23,24)/t16-/m1/s1. The zero-order chi connectivity index (χ0) is 18.1. The summed E-state index contributed by atoms with van der Waals surface area (Å²) in [5, 5.41) is 12.2. The van der Waals surface area contributed by atoms with E-state index in [4.69, 9.17) is 4.42 Å². The third-order valence-electron chi connectivity index (χ3n) is 4.51. The molecule has 26 heavy (non-hydrogen) atoms. The number of hydrogen-bond donors (Lipinski definition) is 1. The Morgan fingerprint density at radius 2 is 2.08 bits per heavy atom. The van der Waals surface area contributed by atoms with Crippen molar-refractivity contribution in [1.29, 1.82) is 0 Å². The number of aliphatic carboxylic acids is 1. The molecule has 0 aliphatic carbocycles. The fourth-order valence-electron chi connectivity index (χ4n) is 3.17. The predicted molar refractivity (Wildman–Crippen MR) is 95.6 cm³/mol. The van der Waals surface area contributed by atoms with Crippen molar-refractivity contribution in [2.24, 2.45) is 0 Å². The molecule has 6 nitrogen and oxygen atoms in total. The molecule has 1 aliphatic rings. The maximum absolute atomic E-state index is 12.8. The van der Waals surface area contributed by atoms with E-state index >= 15 is 0 Å². The third kappa shape index (κ3) is 3.13. The topological polar surface area (TPSA) is 83.6 Å². The van der Waals surface area contributed by atoms with Crippen molar-refractivity contribution in [3.8, 4) is 10.6 Å². The van der Waals surface area contributed by atoms with Crippen molar-refractivity contribution in [2.75, 3.05) is 0 Å². The van der Waals surface area contributed by atoms with Crippen molar-refractivity contribution in [3.05, 3.63) is 65.1 Å². The summed E-state index contributed by atoms with van der Waals surface area (Å²) in [6, 6.07) is 8.62. The van der Waals surface area contributed by atoms with E-state index in [9.17, 15) is 14.7 Å². The highest BCUT2D eigenvalue weighted by Gasteiger charge is 2.34. The van der Waals surface area contributed by atoms with Gasteiger partial charge in [0.1, 0.15) is 17.3 Å². The SMILES string of the molecule is O=C(O)[C@H]1Cc2ccccc2CN1C(=O)Cc1csc(-c2ccoc2)n1. The second-order valence-electron chi connectivity index (χ2n) is 6.18. The van der Waals surface area contributed by atoms with Crippen LogP contribution in [0.3, 0.4) is 0 Å². The number of amides is 1. The highest BCUT2D eigenvalue weighted by atomic mass is 32.1. The van der Waals surface area contributed by atoms with Crippen LogP contribution in [0.25, 0.3) is 10.6 Å². The quantitative estimate of drug-likeness (QED) is 0.765. The molecule has 1 N–H and O–H groups in total. The van der Waals surface area contributed by atoms with Gasteiger partial charge in [-0.05, 0) is 17.2 Å². The summed E-state index contributed by atoms with van der Waals surface area (Å²) in [5.41, 5.74) is 3.48. The average Bonchev–Trinajstić information content (AvgIpc) is 3.32. The van der Waals surface area contributed by atoms with Gasteiger partial charge in [-0.15, -0.1) is 11.3 Å². The van der Waals surface area contributed by atoms with Crippen LogP contribution >= 0.6 is 11.3 Å². The number of nitrogens with zero attached hydrogens (tertiary/aromatic N) is 2.